The molecule has 0 aliphatic rings. The molecule has 0 saturated carbocycles. The molecule has 2 heteroatoms. The van der Waals surface area contributed by atoms with Crippen LogP contribution in [0.3, 0.4) is 0 Å². The molecule has 1 rings (SSSR count). The Balaban J connectivity index is 3.20. The van der Waals surface area contributed by atoms with Crippen LogP contribution >= 0.6 is 0 Å². The molecule has 0 saturated heterocycles. The van der Waals surface area contributed by atoms with E-state index >= 15 is 0 Å². The highest BCUT2D eigenvalue weighted by molar-refractivity contribution is 6.30. The van der Waals surface area contributed by atoms with Gasteiger partial charge in [0.05, 0.1) is 0 Å². The van der Waals surface area contributed by atoms with Crippen LogP contribution in [0.5, 0.6) is 0 Å². The van der Waals surface area contributed by atoms with Gasteiger partial charge in [-0.05, 0) is 12.1 Å². The maximum atomic E-state index is 5.37. The smallest absolute Gasteiger partial charge is 0.167 e. The molecule has 1 aromatic rings. The minimum absolute atomic E-state index is 0.393. The molecule has 48 valence electrons. The predicted octanol–water partition coefficient (Wildman–Crippen LogP) is 1.36. The van der Waals surface area contributed by atoms with E-state index in [1.54, 1.807) is 18.2 Å². The largest absolute Gasteiger partial charge is 0.473 e. The van der Waals surface area contributed by atoms with Gasteiger partial charge < -0.3 is 4.42 Å². The Morgan fingerprint density at radius 3 is 2.50 bits per heavy atom. The van der Waals surface area contributed by atoms with Gasteiger partial charge in [-0.1, -0.05) is 19.2 Å². The molecule has 0 fully saturated rings. The Morgan fingerprint density at radius 1 is 1.40 bits per heavy atom. The number of hydrogen-bond donors (Lipinski definition) is 0. The van der Waals surface area contributed by atoms with Gasteiger partial charge in [0.25, 0.3) is 0 Å². The summed E-state index contributed by atoms with van der Waals surface area (Å²) in [5.74, 6) is 0.674. The fourth-order valence-electron chi connectivity index (χ4n) is 0.759. The van der Waals surface area contributed by atoms with Crippen molar-refractivity contribution in [3.8, 4) is 0 Å². The zero-order valence-corrected chi connectivity index (χ0v) is 5.63. The zero-order valence-electron chi connectivity index (χ0n) is 5.63. The van der Waals surface area contributed by atoms with Gasteiger partial charge in [0.15, 0.2) is 7.85 Å². The molecule has 0 bridgehead atoms. The summed E-state index contributed by atoms with van der Waals surface area (Å²) < 4.78 is 5.04. The van der Waals surface area contributed by atoms with Gasteiger partial charge in [-0.2, -0.15) is 0 Å². The second-order valence-corrected chi connectivity index (χ2v) is 1.88. The Hall–Kier alpha value is -1.18. The van der Waals surface area contributed by atoms with Gasteiger partial charge in [-0.15, -0.1) is 0 Å². The maximum absolute atomic E-state index is 5.37. The van der Waals surface area contributed by atoms with Crippen LogP contribution in [-0.2, 0) is 0 Å². The van der Waals surface area contributed by atoms with Crippen LogP contribution in [0.15, 0.2) is 23.6 Å². The number of rotatable bonds is 2. The van der Waals surface area contributed by atoms with E-state index in [9.17, 15) is 0 Å². The molecular weight excluding hydrogens is 123 g/mol. The number of furan rings is 1. The monoisotopic (exact) mass is 130 g/mol. The fourth-order valence-corrected chi connectivity index (χ4v) is 0.759. The lowest BCUT2D eigenvalue weighted by molar-refractivity contribution is 0.590. The van der Waals surface area contributed by atoms with Crippen LogP contribution < -0.4 is 5.66 Å². The first-order valence-electron chi connectivity index (χ1n) is 2.92. The normalized spacial score (nSPS) is 9.20. The highest BCUT2D eigenvalue weighted by Gasteiger charge is 1.99. The molecular formula is C8H7BO. The summed E-state index contributed by atoms with van der Waals surface area (Å²) in [6.07, 6.45) is 3.28. The van der Waals surface area contributed by atoms with Crippen LogP contribution in [0.1, 0.15) is 11.3 Å². The first kappa shape index (κ1) is 6.94. The molecule has 1 aromatic heterocycles. The average molecular weight is 130 g/mol. The van der Waals surface area contributed by atoms with E-state index in [1.807, 2.05) is 0 Å². The van der Waals surface area contributed by atoms with Crippen LogP contribution in [0.4, 0.5) is 0 Å². The Labute approximate surface area is 61.5 Å². The molecule has 1 nitrogen and oxygen atoms in total. The third kappa shape index (κ3) is 1.05. The van der Waals surface area contributed by atoms with Gasteiger partial charge >= 0.3 is 0 Å². The van der Waals surface area contributed by atoms with E-state index in [-0.39, 0.29) is 0 Å². The maximum Gasteiger partial charge on any atom is 0.167 e. The van der Waals surface area contributed by atoms with Crippen molar-refractivity contribution in [3.63, 3.8) is 0 Å². The van der Waals surface area contributed by atoms with Crippen molar-refractivity contribution in [3.05, 3.63) is 30.5 Å². The lowest BCUT2D eigenvalue weighted by Crippen LogP contribution is -1.93. The minimum atomic E-state index is 0.393. The van der Waals surface area contributed by atoms with Gasteiger partial charge in [-0.3, -0.25) is 0 Å². The van der Waals surface area contributed by atoms with Crippen molar-refractivity contribution in [1.29, 1.82) is 0 Å². The minimum Gasteiger partial charge on any atom is -0.473 e. The third-order valence-electron chi connectivity index (χ3n) is 1.22. The van der Waals surface area contributed by atoms with E-state index in [4.69, 9.17) is 12.3 Å². The lowest BCUT2D eigenvalue weighted by atomic mass is 10.1. The summed E-state index contributed by atoms with van der Waals surface area (Å²) in [5, 5.41) is 0. The predicted molar refractivity (Wildman–Crippen MR) is 44.3 cm³/mol. The van der Waals surface area contributed by atoms with Crippen LogP contribution in [0, 0.1) is 0 Å². The Morgan fingerprint density at radius 2 is 2.10 bits per heavy atom. The lowest BCUT2D eigenvalue weighted by Gasteiger charge is -1.85. The molecule has 10 heavy (non-hydrogen) atoms. The van der Waals surface area contributed by atoms with Crippen molar-refractivity contribution in [1.82, 2.24) is 0 Å². The van der Waals surface area contributed by atoms with Crippen molar-refractivity contribution in [2.75, 3.05) is 0 Å². The van der Waals surface area contributed by atoms with Crippen molar-refractivity contribution in [2.24, 2.45) is 0 Å². The molecule has 0 aromatic carbocycles. The molecule has 0 amide bonds. The van der Waals surface area contributed by atoms with Gasteiger partial charge in [0, 0.05) is 11.2 Å². The summed E-state index contributed by atoms with van der Waals surface area (Å²) in [6.45, 7) is 7.15. The average Bonchev–Trinajstić information content (AvgIpc) is 2.30. The second kappa shape index (κ2) is 2.61. The van der Waals surface area contributed by atoms with E-state index in [0.717, 1.165) is 5.56 Å². The van der Waals surface area contributed by atoms with E-state index < -0.39 is 0 Å². The summed E-state index contributed by atoms with van der Waals surface area (Å²) in [6, 6.07) is 1.71. The van der Waals surface area contributed by atoms with Gasteiger partial charge in [-0.25, -0.2) is 0 Å². The van der Waals surface area contributed by atoms with Gasteiger partial charge in [0.1, 0.15) is 5.76 Å². The third-order valence-corrected chi connectivity index (χ3v) is 1.22. The number of hydrogen-bond acceptors (Lipinski definition) is 1. The molecule has 0 atom stereocenters. The second-order valence-electron chi connectivity index (χ2n) is 1.88. The van der Waals surface area contributed by atoms with Crippen LogP contribution in [0.2, 0.25) is 0 Å². The van der Waals surface area contributed by atoms with Crippen LogP contribution in [-0.4, -0.2) is 7.85 Å². The highest BCUT2D eigenvalue weighted by atomic mass is 16.3. The Bertz CT molecular complexity index is 235. The summed E-state index contributed by atoms with van der Waals surface area (Å²) >= 11 is 0. The van der Waals surface area contributed by atoms with E-state index in [2.05, 4.69) is 13.2 Å². The first-order chi connectivity index (χ1) is 4.77. The van der Waals surface area contributed by atoms with E-state index in [1.165, 1.54) is 0 Å². The molecule has 0 N–H and O–H groups in total. The molecule has 0 unspecified atom stereocenters. The summed E-state index contributed by atoms with van der Waals surface area (Å²) in [4.78, 5) is 0. The topological polar surface area (TPSA) is 13.1 Å². The first-order valence-corrected chi connectivity index (χ1v) is 2.92. The molecule has 2 radical (unpaired) electrons. The van der Waals surface area contributed by atoms with E-state index in [0.29, 0.717) is 11.4 Å². The van der Waals surface area contributed by atoms with Crippen LogP contribution in [0.25, 0.3) is 12.2 Å². The zero-order chi connectivity index (χ0) is 7.56. The quantitative estimate of drug-likeness (QED) is 0.550. The molecule has 0 aliphatic carbocycles. The summed E-state index contributed by atoms with van der Waals surface area (Å²) in [5.41, 5.74) is 1.28. The van der Waals surface area contributed by atoms with Crippen molar-refractivity contribution >= 4 is 25.7 Å². The SMILES string of the molecule is [B]c1cc(C=C)c(C=C)o1. The van der Waals surface area contributed by atoms with Crippen molar-refractivity contribution < 1.29 is 4.42 Å². The standard InChI is InChI=1S/C8H7BO/c1-3-6-5-8(9)10-7(6)4-2/h3-5H,1-2H2. The molecule has 1 heterocycles. The fraction of sp³-hybridized carbons (Fsp3) is 0. The highest BCUT2D eigenvalue weighted by Crippen LogP contribution is 2.09. The molecule has 0 spiro atoms. The Kier molecular flexibility index (Phi) is 1.81. The summed E-state index contributed by atoms with van der Waals surface area (Å²) in [7, 11) is 5.37. The molecule has 0 aliphatic heterocycles. The van der Waals surface area contributed by atoms with Gasteiger partial charge in [0.2, 0.25) is 0 Å². The van der Waals surface area contributed by atoms with Crippen molar-refractivity contribution in [2.45, 2.75) is 0 Å².